The van der Waals surface area contributed by atoms with E-state index in [1.165, 1.54) is 0 Å². The molecule has 0 aliphatic heterocycles. The molecular weight excluding hydrogens is 295 g/mol. The number of guanidine groups is 1. The van der Waals surface area contributed by atoms with E-state index in [1.807, 2.05) is 13.1 Å². The third-order valence-corrected chi connectivity index (χ3v) is 3.31. The molecule has 0 amide bonds. The molecule has 0 aromatic heterocycles. The number of nitrogens with one attached hydrogen (secondary N) is 2. The lowest BCUT2D eigenvalue weighted by Gasteiger charge is -2.24. The van der Waals surface area contributed by atoms with Gasteiger partial charge in [-0.05, 0) is 30.5 Å². The van der Waals surface area contributed by atoms with E-state index in [1.54, 1.807) is 18.2 Å². The maximum Gasteiger partial charge on any atom is 0.209 e. The van der Waals surface area contributed by atoms with E-state index in [0.717, 1.165) is 0 Å². The number of nitrogens with zero attached hydrogens (tertiary/aromatic N) is 2. The summed E-state index contributed by atoms with van der Waals surface area (Å²) in [5, 5.41) is 15.4. The van der Waals surface area contributed by atoms with E-state index >= 15 is 0 Å². The Morgan fingerprint density at radius 2 is 1.80 bits per heavy atom. The summed E-state index contributed by atoms with van der Waals surface area (Å²) in [5.74, 6) is 0.369. The molecule has 1 atom stereocenters. The maximum atomic E-state index is 8.81. The fourth-order valence-corrected chi connectivity index (χ4v) is 1.82. The van der Waals surface area contributed by atoms with Gasteiger partial charge in [-0.1, -0.05) is 44.0 Å². The molecule has 0 aliphatic rings. The molecule has 0 radical (unpaired) electrons. The monoisotopic (exact) mass is 312 g/mol. The lowest BCUT2D eigenvalue weighted by Crippen LogP contribution is -2.31. The minimum Gasteiger partial charge on any atom is -0.325 e. The van der Waals surface area contributed by atoms with E-state index in [9.17, 15) is 0 Å². The number of hydrogen-bond acceptors (Lipinski definition) is 2. The molecule has 0 saturated carbocycles. The second kappa shape index (κ2) is 6.83. The third-order valence-electron chi connectivity index (χ3n) is 2.88. The van der Waals surface area contributed by atoms with Crippen LogP contribution in [-0.2, 0) is 0 Å². The van der Waals surface area contributed by atoms with Crippen LogP contribution < -0.4 is 10.6 Å². The van der Waals surface area contributed by atoms with Crippen LogP contribution in [0.2, 0.25) is 10.0 Å². The van der Waals surface area contributed by atoms with Gasteiger partial charge < -0.3 is 5.32 Å². The van der Waals surface area contributed by atoms with E-state index < -0.39 is 0 Å². The van der Waals surface area contributed by atoms with E-state index in [4.69, 9.17) is 28.5 Å². The molecule has 1 aromatic rings. The summed E-state index contributed by atoms with van der Waals surface area (Å²) in [7, 11) is 0. The molecule has 0 aliphatic carbocycles. The molecule has 108 valence electrons. The van der Waals surface area contributed by atoms with Crippen LogP contribution >= 0.6 is 23.2 Å². The van der Waals surface area contributed by atoms with Crippen molar-refractivity contribution in [3.8, 4) is 6.19 Å². The summed E-state index contributed by atoms with van der Waals surface area (Å²) < 4.78 is 0. The minimum absolute atomic E-state index is 0.00392. The zero-order valence-corrected chi connectivity index (χ0v) is 13.5. The van der Waals surface area contributed by atoms with Crippen molar-refractivity contribution in [2.45, 2.75) is 33.7 Å². The first kappa shape index (κ1) is 16.6. The molecule has 4 nitrogen and oxygen atoms in total. The number of halogens is 2. The Morgan fingerprint density at radius 3 is 2.25 bits per heavy atom. The Labute approximate surface area is 129 Å². The van der Waals surface area contributed by atoms with Gasteiger partial charge >= 0.3 is 0 Å². The summed E-state index contributed by atoms with van der Waals surface area (Å²) in [4.78, 5) is 4.48. The molecule has 0 saturated heterocycles. The van der Waals surface area contributed by atoms with E-state index in [0.29, 0.717) is 21.7 Å². The minimum atomic E-state index is -0.00392. The number of aliphatic imine (C=N–C) groups is 1. The van der Waals surface area contributed by atoms with E-state index in [-0.39, 0.29) is 11.5 Å². The largest absolute Gasteiger partial charge is 0.325 e. The number of rotatable bonds is 2. The van der Waals surface area contributed by atoms with Gasteiger partial charge in [-0.15, -0.1) is 0 Å². The molecule has 0 spiro atoms. The van der Waals surface area contributed by atoms with Gasteiger partial charge in [0.05, 0.1) is 6.04 Å². The van der Waals surface area contributed by atoms with Gasteiger partial charge in [-0.3, -0.25) is 5.32 Å². The van der Waals surface area contributed by atoms with Crippen LogP contribution in [0, 0.1) is 16.9 Å². The average molecular weight is 313 g/mol. The highest BCUT2D eigenvalue weighted by molar-refractivity contribution is 6.35. The van der Waals surface area contributed by atoms with Gasteiger partial charge in [0.25, 0.3) is 0 Å². The number of nitriles is 1. The zero-order valence-electron chi connectivity index (χ0n) is 12.0. The van der Waals surface area contributed by atoms with Crippen molar-refractivity contribution >= 4 is 34.8 Å². The summed E-state index contributed by atoms with van der Waals surface area (Å²) in [5.41, 5.74) is 0.667. The van der Waals surface area contributed by atoms with Gasteiger partial charge in [-0.2, -0.15) is 5.26 Å². The Hall–Kier alpha value is -1.44. The SMILES string of the molecule is CC(/N=C(\NC#N)Nc1cc(Cl)cc(Cl)c1)C(C)(C)C. The lowest BCUT2D eigenvalue weighted by molar-refractivity contribution is 0.341. The molecule has 0 fully saturated rings. The van der Waals surface area contributed by atoms with Crippen LogP contribution in [-0.4, -0.2) is 12.0 Å². The van der Waals surface area contributed by atoms with Gasteiger partial charge in [0.15, 0.2) is 6.19 Å². The predicted octanol–water partition coefficient (Wildman–Crippen LogP) is 4.27. The highest BCUT2D eigenvalue weighted by Crippen LogP contribution is 2.24. The van der Waals surface area contributed by atoms with Crippen molar-refractivity contribution in [3.05, 3.63) is 28.2 Å². The molecule has 2 N–H and O–H groups in total. The number of anilines is 1. The molecule has 1 rings (SSSR count). The number of benzene rings is 1. The average Bonchev–Trinajstić information content (AvgIpc) is 2.26. The molecule has 0 bridgehead atoms. The summed E-state index contributed by atoms with van der Waals surface area (Å²) in [6, 6.07) is 5.09. The van der Waals surface area contributed by atoms with Crippen molar-refractivity contribution < 1.29 is 0 Å². The van der Waals surface area contributed by atoms with Crippen molar-refractivity contribution in [3.63, 3.8) is 0 Å². The van der Waals surface area contributed by atoms with Gasteiger partial charge in [0.1, 0.15) is 0 Å². The topological polar surface area (TPSA) is 60.2 Å². The second-order valence-electron chi connectivity index (χ2n) is 5.54. The van der Waals surface area contributed by atoms with Crippen molar-refractivity contribution in [1.29, 1.82) is 5.26 Å². The maximum absolute atomic E-state index is 8.81. The van der Waals surface area contributed by atoms with Crippen molar-refractivity contribution in [2.75, 3.05) is 5.32 Å². The highest BCUT2D eigenvalue weighted by Gasteiger charge is 2.20. The Bertz CT molecular complexity index is 521. The number of hydrogen-bond donors (Lipinski definition) is 2. The molecule has 0 heterocycles. The van der Waals surface area contributed by atoms with Crippen molar-refractivity contribution in [1.82, 2.24) is 5.32 Å². The molecule has 20 heavy (non-hydrogen) atoms. The van der Waals surface area contributed by atoms with Crippen LogP contribution in [0.3, 0.4) is 0 Å². The molecular formula is C14H18Cl2N4. The normalized spacial score (nSPS) is 13.6. The zero-order chi connectivity index (χ0) is 15.3. The van der Waals surface area contributed by atoms with Crippen LogP contribution in [0.5, 0.6) is 0 Å². The van der Waals surface area contributed by atoms with Crippen LogP contribution in [0.15, 0.2) is 23.2 Å². The van der Waals surface area contributed by atoms with Gasteiger partial charge in [0.2, 0.25) is 5.96 Å². The Morgan fingerprint density at radius 1 is 1.25 bits per heavy atom. The summed E-state index contributed by atoms with van der Waals surface area (Å²) in [6.45, 7) is 8.25. The lowest BCUT2D eigenvalue weighted by atomic mass is 9.88. The fraction of sp³-hybridized carbons (Fsp3) is 0.429. The second-order valence-corrected chi connectivity index (χ2v) is 6.41. The first-order valence-electron chi connectivity index (χ1n) is 6.18. The van der Waals surface area contributed by atoms with Crippen LogP contribution in [0.25, 0.3) is 0 Å². The Kier molecular flexibility index (Phi) is 5.67. The van der Waals surface area contributed by atoms with Crippen LogP contribution in [0.1, 0.15) is 27.7 Å². The Balaban J connectivity index is 2.98. The smallest absolute Gasteiger partial charge is 0.209 e. The predicted molar refractivity (Wildman–Crippen MR) is 85.2 cm³/mol. The van der Waals surface area contributed by atoms with Crippen LogP contribution in [0.4, 0.5) is 5.69 Å². The standard InChI is InChI=1S/C14H18Cl2N4/c1-9(14(2,3)4)19-13(18-8-17)20-12-6-10(15)5-11(16)7-12/h5-7,9H,1-4H3,(H2,18,19,20). The summed E-state index contributed by atoms with van der Waals surface area (Å²) in [6.07, 6.45) is 1.86. The molecule has 1 aromatic carbocycles. The van der Waals surface area contributed by atoms with E-state index in [2.05, 4.69) is 36.4 Å². The van der Waals surface area contributed by atoms with Crippen molar-refractivity contribution in [2.24, 2.45) is 10.4 Å². The first-order chi connectivity index (χ1) is 9.22. The molecule has 1 unspecified atom stereocenters. The molecule has 6 heteroatoms. The summed E-state index contributed by atoms with van der Waals surface area (Å²) >= 11 is 11.9. The van der Waals surface area contributed by atoms with Gasteiger partial charge in [0, 0.05) is 15.7 Å². The third kappa shape index (κ3) is 5.28. The highest BCUT2D eigenvalue weighted by atomic mass is 35.5. The first-order valence-corrected chi connectivity index (χ1v) is 6.94. The quantitative estimate of drug-likeness (QED) is 0.371. The fourth-order valence-electron chi connectivity index (χ4n) is 1.30. The van der Waals surface area contributed by atoms with Gasteiger partial charge in [-0.25, -0.2) is 4.99 Å².